The quantitative estimate of drug-likeness (QED) is 0.245. The van der Waals surface area contributed by atoms with E-state index in [9.17, 15) is 9.18 Å². The van der Waals surface area contributed by atoms with E-state index in [1.807, 2.05) is 78.9 Å². The summed E-state index contributed by atoms with van der Waals surface area (Å²) in [5.41, 5.74) is 10.9. The van der Waals surface area contributed by atoms with Crippen LogP contribution in [0.25, 0.3) is 33.5 Å². The molecule has 4 aromatic heterocycles. The fraction of sp³-hybridized carbons (Fsp3) is 0.0606. The van der Waals surface area contributed by atoms with Gasteiger partial charge in [0.25, 0.3) is 5.91 Å². The number of nitrogens with two attached hydrogens (primary N) is 1. The number of amides is 1. The van der Waals surface area contributed by atoms with Crippen LogP contribution >= 0.6 is 0 Å². The molecular weight excluding hydrogens is 575 g/mol. The van der Waals surface area contributed by atoms with E-state index in [-0.39, 0.29) is 17.5 Å². The number of nitrogen functional groups attached to an aromatic ring is 1. The van der Waals surface area contributed by atoms with Crippen LogP contribution in [0.3, 0.4) is 0 Å². The predicted octanol–water partition coefficient (Wildman–Crippen LogP) is 5.78. The number of aromatic nitrogens is 6. The summed E-state index contributed by atoms with van der Waals surface area (Å²) in [6, 6.07) is 32.6. The molecule has 224 valence electrons. The first-order valence-electron chi connectivity index (χ1n) is 13.8. The van der Waals surface area contributed by atoms with Gasteiger partial charge in [0.05, 0.1) is 14.2 Å². The Bertz CT molecular complexity index is 2110. The van der Waals surface area contributed by atoms with Crippen LogP contribution in [0.2, 0.25) is 0 Å². The average molecular weight is 603 g/mol. The molecule has 0 bridgehead atoms. The second kappa shape index (κ2) is 12.5. The molecule has 0 saturated carbocycles. The lowest BCUT2D eigenvalue weighted by Gasteiger charge is -2.06. The molecule has 11 nitrogen and oxygen atoms in total. The van der Waals surface area contributed by atoms with Gasteiger partial charge >= 0.3 is 0 Å². The maximum Gasteiger partial charge on any atom is 0.258 e. The number of rotatable bonds is 6. The van der Waals surface area contributed by atoms with Gasteiger partial charge in [-0.05, 0) is 41.5 Å². The maximum atomic E-state index is 13.3. The first kappa shape index (κ1) is 28.8. The minimum Gasteiger partial charge on any atom is -0.481 e. The van der Waals surface area contributed by atoms with E-state index >= 15 is 0 Å². The van der Waals surface area contributed by atoms with E-state index in [0.717, 1.165) is 28.3 Å². The zero-order valence-corrected chi connectivity index (χ0v) is 24.3. The van der Waals surface area contributed by atoms with Crippen molar-refractivity contribution in [1.29, 1.82) is 0 Å². The van der Waals surface area contributed by atoms with Crippen LogP contribution in [0.4, 0.5) is 16.3 Å². The van der Waals surface area contributed by atoms with Crippen LogP contribution in [0.5, 0.6) is 11.8 Å². The number of nitrogens with one attached hydrogen (secondary N) is 1. The molecule has 0 unspecified atom stereocenters. The summed E-state index contributed by atoms with van der Waals surface area (Å²) in [4.78, 5) is 21.0. The molecule has 0 fully saturated rings. The predicted molar refractivity (Wildman–Crippen MR) is 169 cm³/mol. The van der Waals surface area contributed by atoms with Gasteiger partial charge in [0.2, 0.25) is 23.7 Å². The molecule has 0 atom stereocenters. The van der Waals surface area contributed by atoms with Crippen LogP contribution in [-0.2, 0) is 0 Å². The van der Waals surface area contributed by atoms with E-state index in [1.165, 1.54) is 29.8 Å². The maximum absolute atomic E-state index is 13.3. The van der Waals surface area contributed by atoms with Gasteiger partial charge in [-0.2, -0.15) is 19.0 Å². The highest BCUT2D eigenvalue weighted by molar-refractivity contribution is 6.03. The van der Waals surface area contributed by atoms with Crippen LogP contribution in [0.15, 0.2) is 109 Å². The van der Waals surface area contributed by atoms with Crippen molar-refractivity contribution in [1.82, 2.24) is 29.2 Å². The third-order valence-corrected chi connectivity index (χ3v) is 6.82. The Balaban J connectivity index is 0.000000172. The Labute approximate surface area is 256 Å². The van der Waals surface area contributed by atoms with E-state index < -0.39 is 11.7 Å². The summed E-state index contributed by atoms with van der Waals surface area (Å²) < 4.78 is 27.0. The van der Waals surface area contributed by atoms with Gasteiger partial charge in [0.15, 0.2) is 11.3 Å². The van der Waals surface area contributed by atoms with E-state index in [4.69, 9.17) is 15.2 Å². The van der Waals surface area contributed by atoms with Crippen molar-refractivity contribution < 1.29 is 18.7 Å². The van der Waals surface area contributed by atoms with Crippen LogP contribution in [-0.4, -0.2) is 49.3 Å². The summed E-state index contributed by atoms with van der Waals surface area (Å²) in [7, 11) is 3.12. The highest BCUT2D eigenvalue weighted by Crippen LogP contribution is 2.29. The molecule has 7 rings (SSSR count). The van der Waals surface area contributed by atoms with Crippen molar-refractivity contribution in [3.05, 3.63) is 121 Å². The first-order valence-corrected chi connectivity index (χ1v) is 13.8. The van der Waals surface area contributed by atoms with Gasteiger partial charge < -0.3 is 15.2 Å². The number of hydrogen-bond donors (Lipinski definition) is 2. The number of carbonyl (C=O) groups is 1. The van der Waals surface area contributed by atoms with E-state index in [0.29, 0.717) is 23.1 Å². The average Bonchev–Trinajstić information content (AvgIpc) is 3.68. The van der Waals surface area contributed by atoms with Gasteiger partial charge in [-0.3, -0.25) is 10.1 Å². The van der Waals surface area contributed by atoms with Crippen molar-refractivity contribution in [2.45, 2.75) is 0 Å². The molecule has 3 aromatic carbocycles. The zero-order valence-electron chi connectivity index (χ0n) is 24.3. The van der Waals surface area contributed by atoms with Crippen molar-refractivity contribution in [2.24, 2.45) is 0 Å². The Hall–Kier alpha value is -6.30. The fourth-order valence-corrected chi connectivity index (χ4v) is 4.75. The van der Waals surface area contributed by atoms with Crippen molar-refractivity contribution >= 4 is 29.1 Å². The molecule has 45 heavy (non-hydrogen) atoms. The molecule has 7 aromatic rings. The Kier molecular flexibility index (Phi) is 8.01. The van der Waals surface area contributed by atoms with Crippen LogP contribution in [0.1, 0.15) is 10.4 Å². The molecule has 1 amide bonds. The number of pyridine rings is 2. The molecule has 12 heteroatoms. The molecule has 0 radical (unpaired) electrons. The second-order valence-corrected chi connectivity index (χ2v) is 9.65. The van der Waals surface area contributed by atoms with E-state index in [1.54, 1.807) is 17.7 Å². The van der Waals surface area contributed by atoms with Crippen molar-refractivity contribution in [3.63, 3.8) is 0 Å². The Morgan fingerprint density at radius 2 is 1.27 bits per heavy atom. The third-order valence-electron chi connectivity index (χ3n) is 6.82. The van der Waals surface area contributed by atoms with Crippen molar-refractivity contribution in [2.75, 3.05) is 25.3 Å². The lowest BCUT2D eigenvalue weighted by Crippen LogP contribution is -2.13. The molecule has 3 N–H and O–H groups in total. The number of methoxy groups -OCH3 is 2. The molecular formula is C33H27FN8O3. The van der Waals surface area contributed by atoms with Gasteiger partial charge in [0.1, 0.15) is 5.82 Å². The number of halogens is 1. The van der Waals surface area contributed by atoms with Gasteiger partial charge in [-0.1, -0.05) is 66.7 Å². The highest BCUT2D eigenvalue weighted by Gasteiger charge is 2.16. The van der Waals surface area contributed by atoms with Gasteiger partial charge in [-0.25, -0.2) is 4.39 Å². The lowest BCUT2D eigenvalue weighted by atomic mass is 10.1. The summed E-state index contributed by atoms with van der Waals surface area (Å²) in [5, 5.41) is 11.0. The Morgan fingerprint density at radius 3 is 1.82 bits per heavy atom. The number of benzene rings is 3. The lowest BCUT2D eigenvalue weighted by molar-refractivity contribution is 0.102. The number of anilines is 2. The summed E-state index contributed by atoms with van der Waals surface area (Å²) in [6.07, 6.45) is 0. The highest BCUT2D eigenvalue weighted by atomic mass is 19.1. The molecule has 0 aliphatic heterocycles. The number of hydrogen-bond acceptors (Lipinski definition) is 8. The monoisotopic (exact) mass is 602 g/mol. The van der Waals surface area contributed by atoms with Crippen LogP contribution in [0, 0.1) is 5.82 Å². The second-order valence-electron chi connectivity index (χ2n) is 9.65. The first-order chi connectivity index (χ1) is 21.9. The molecule has 0 aliphatic rings. The molecule has 4 heterocycles. The minimum absolute atomic E-state index is 0.103. The Morgan fingerprint density at radius 1 is 0.711 bits per heavy atom. The normalized spacial score (nSPS) is 10.7. The smallest absolute Gasteiger partial charge is 0.258 e. The van der Waals surface area contributed by atoms with Crippen LogP contribution < -0.4 is 20.5 Å². The van der Waals surface area contributed by atoms with Gasteiger partial charge in [0, 0.05) is 28.8 Å². The van der Waals surface area contributed by atoms with Gasteiger partial charge in [-0.15, -0.1) is 10.2 Å². The minimum atomic E-state index is -0.495. The molecule has 0 aliphatic carbocycles. The number of ether oxygens (including phenoxy) is 2. The number of carbonyl (C=O) groups excluding carboxylic acids is 1. The summed E-state index contributed by atoms with van der Waals surface area (Å²) >= 11 is 0. The largest absolute Gasteiger partial charge is 0.481 e. The summed E-state index contributed by atoms with van der Waals surface area (Å²) in [5.74, 6) is 0.434. The molecule has 0 spiro atoms. The number of fused-ring (bicyclic) bond motifs is 2. The standard InChI is InChI=1S/C20H15FN4O2.C13H12N4O/c1-27-17-11-10-16(13-6-3-2-4-7-13)18-22-20(24-25(17)18)23-19(26)14-8-5-9-15(21)12-14;1-18-11-8-7-10(9-5-3-2-4-6-9)12-15-13(14)16-17(11)12/h2-12H,1H3,(H,23,24,26);2-8H,1H3,(H2,14,16). The summed E-state index contributed by atoms with van der Waals surface area (Å²) in [6.45, 7) is 0. The van der Waals surface area contributed by atoms with Crippen molar-refractivity contribution in [3.8, 4) is 34.0 Å². The fourth-order valence-electron chi connectivity index (χ4n) is 4.75. The SMILES string of the molecule is COc1ccc(-c2ccccc2)c2nc(N)nn12.COc1ccc(-c2ccccc2)c2nc(NC(=O)c3cccc(F)c3)nn12. The molecule has 0 saturated heterocycles. The topological polar surface area (TPSA) is 134 Å². The number of nitrogens with zero attached hydrogens (tertiary/aromatic N) is 6. The van der Waals surface area contributed by atoms with E-state index in [2.05, 4.69) is 25.5 Å². The third kappa shape index (κ3) is 5.97. The zero-order chi connectivity index (χ0) is 31.3.